The summed E-state index contributed by atoms with van der Waals surface area (Å²) < 4.78 is 5.39. The Morgan fingerprint density at radius 1 is 1.22 bits per heavy atom. The Labute approximate surface area is 164 Å². The van der Waals surface area contributed by atoms with Crippen LogP contribution in [0.15, 0.2) is 46.8 Å². The first kappa shape index (κ1) is 18.3. The molecule has 0 bridgehead atoms. The highest BCUT2D eigenvalue weighted by molar-refractivity contribution is 6.31. The van der Waals surface area contributed by atoms with Crippen LogP contribution < -0.4 is 5.32 Å². The minimum atomic E-state index is -0.418. The van der Waals surface area contributed by atoms with E-state index in [1.54, 1.807) is 0 Å². The van der Waals surface area contributed by atoms with Crippen molar-refractivity contribution in [3.05, 3.63) is 57.4 Å². The van der Waals surface area contributed by atoms with Crippen LogP contribution in [0.4, 0.5) is 0 Å². The van der Waals surface area contributed by atoms with E-state index in [9.17, 15) is 9.59 Å². The number of amides is 1. The third-order valence-electron chi connectivity index (χ3n) is 5.52. The zero-order chi connectivity index (χ0) is 19.0. The SMILES string of the molecule is CC1=C(C(=O)N2CCOCC2)C(c2ccccc2Cl)C2=C(CCCC2=O)N1. The van der Waals surface area contributed by atoms with Crippen molar-refractivity contribution in [2.24, 2.45) is 0 Å². The first-order valence-corrected chi connectivity index (χ1v) is 9.81. The van der Waals surface area contributed by atoms with Crippen LogP contribution >= 0.6 is 11.6 Å². The maximum absolute atomic E-state index is 13.4. The molecular weight excluding hydrogens is 364 g/mol. The number of dihydropyridines is 1. The molecule has 27 heavy (non-hydrogen) atoms. The molecule has 1 aromatic rings. The number of nitrogens with zero attached hydrogens (tertiary/aromatic N) is 1. The van der Waals surface area contributed by atoms with E-state index in [-0.39, 0.29) is 11.7 Å². The predicted molar refractivity (Wildman–Crippen MR) is 103 cm³/mol. The minimum Gasteiger partial charge on any atom is -0.378 e. The van der Waals surface area contributed by atoms with Gasteiger partial charge >= 0.3 is 0 Å². The normalized spacial score (nSPS) is 23.3. The van der Waals surface area contributed by atoms with Gasteiger partial charge in [-0.25, -0.2) is 0 Å². The number of carbonyl (C=O) groups excluding carboxylic acids is 2. The molecule has 1 atom stereocenters. The van der Waals surface area contributed by atoms with Crippen LogP contribution in [-0.4, -0.2) is 42.9 Å². The van der Waals surface area contributed by atoms with Gasteiger partial charge in [0.25, 0.3) is 5.91 Å². The van der Waals surface area contributed by atoms with Crippen molar-refractivity contribution in [1.29, 1.82) is 0 Å². The van der Waals surface area contributed by atoms with Gasteiger partial charge in [0, 0.05) is 53.0 Å². The van der Waals surface area contributed by atoms with Gasteiger partial charge in [-0.15, -0.1) is 0 Å². The predicted octanol–water partition coefficient (Wildman–Crippen LogP) is 3.17. The largest absolute Gasteiger partial charge is 0.378 e. The van der Waals surface area contributed by atoms with Gasteiger partial charge in [-0.1, -0.05) is 29.8 Å². The molecule has 2 aliphatic heterocycles. The quantitative estimate of drug-likeness (QED) is 0.848. The van der Waals surface area contributed by atoms with Crippen molar-refractivity contribution in [2.45, 2.75) is 32.1 Å². The number of ether oxygens (including phenoxy) is 1. The first-order chi connectivity index (χ1) is 13.1. The van der Waals surface area contributed by atoms with E-state index < -0.39 is 5.92 Å². The number of ketones is 1. The Morgan fingerprint density at radius 2 is 1.96 bits per heavy atom. The van der Waals surface area contributed by atoms with Crippen molar-refractivity contribution in [3.8, 4) is 0 Å². The van der Waals surface area contributed by atoms with E-state index in [0.717, 1.165) is 29.8 Å². The van der Waals surface area contributed by atoms with Crippen LogP contribution in [0.3, 0.4) is 0 Å². The lowest BCUT2D eigenvalue weighted by molar-refractivity contribution is -0.131. The number of carbonyl (C=O) groups is 2. The van der Waals surface area contributed by atoms with Gasteiger partial charge in [0.2, 0.25) is 0 Å². The highest BCUT2D eigenvalue weighted by Crippen LogP contribution is 2.44. The van der Waals surface area contributed by atoms with E-state index in [2.05, 4.69) is 5.32 Å². The van der Waals surface area contributed by atoms with E-state index in [0.29, 0.717) is 48.9 Å². The standard InChI is InChI=1S/C21H23ClN2O3/c1-13-18(21(26)24-9-11-27-12-10-24)19(14-5-2-3-6-15(14)22)20-16(23-13)7-4-8-17(20)25/h2-3,5-6,19,23H,4,7-12H2,1H3. The van der Waals surface area contributed by atoms with Gasteiger partial charge in [0.1, 0.15) is 0 Å². The molecule has 1 aromatic carbocycles. The summed E-state index contributed by atoms with van der Waals surface area (Å²) in [5.41, 5.74) is 3.90. The maximum Gasteiger partial charge on any atom is 0.252 e. The smallest absolute Gasteiger partial charge is 0.252 e. The van der Waals surface area contributed by atoms with Crippen LogP contribution in [0.1, 0.15) is 37.7 Å². The molecule has 2 heterocycles. The second kappa shape index (κ2) is 7.49. The molecule has 0 spiro atoms. The van der Waals surface area contributed by atoms with Crippen molar-refractivity contribution in [2.75, 3.05) is 26.3 Å². The topological polar surface area (TPSA) is 58.6 Å². The molecule has 142 valence electrons. The fourth-order valence-electron chi connectivity index (χ4n) is 4.22. The van der Waals surface area contributed by atoms with Gasteiger partial charge in [0.15, 0.2) is 5.78 Å². The summed E-state index contributed by atoms with van der Waals surface area (Å²) in [7, 11) is 0. The van der Waals surface area contributed by atoms with E-state index in [1.807, 2.05) is 36.1 Å². The van der Waals surface area contributed by atoms with E-state index >= 15 is 0 Å². The Morgan fingerprint density at radius 3 is 2.70 bits per heavy atom. The first-order valence-electron chi connectivity index (χ1n) is 9.43. The summed E-state index contributed by atoms with van der Waals surface area (Å²) in [4.78, 5) is 28.1. The summed E-state index contributed by atoms with van der Waals surface area (Å²) in [6.07, 6.45) is 2.16. The molecular formula is C21H23ClN2O3. The van der Waals surface area contributed by atoms with Gasteiger partial charge in [-0.2, -0.15) is 0 Å². The lowest BCUT2D eigenvalue weighted by atomic mass is 9.75. The molecule has 0 radical (unpaired) electrons. The Hall–Kier alpha value is -2.11. The molecule has 0 saturated carbocycles. The average molecular weight is 387 g/mol. The van der Waals surface area contributed by atoms with Crippen molar-refractivity contribution in [3.63, 3.8) is 0 Å². The summed E-state index contributed by atoms with van der Waals surface area (Å²) >= 11 is 6.52. The molecule has 1 aliphatic carbocycles. The number of hydrogen-bond donors (Lipinski definition) is 1. The highest BCUT2D eigenvalue weighted by Gasteiger charge is 2.40. The van der Waals surface area contributed by atoms with Crippen molar-refractivity contribution in [1.82, 2.24) is 10.2 Å². The van der Waals surface area contributed by atoms with Gasteiger partial charge < -0.3 is 15.0 Å². The van der Waals surface area contributed by atoms with Crippen molar-refractivity contribution < 1.29 is 14.3 Å². The maximum atomic E-state index is 13.4. The van der Waals surface area contributed by atoms with E-state index in [1.165, 1.54) is 0 Å². The number of benzene rings is 1. The van der Waals surface area contributed by atoms with Gasteiger partial charge in [-0.3, -0.25) is 9.59 Å². The zero-order valence-electron chi connectivity index (χ0n) is 15.4. The number of rotatable bonds is 2. The van der Waals surface area contributed by atoms with Crippen molar-refractivity contribution >= 4 is 23.3 Å². The summed E-state index contributed by atoms with van der Waals surface area (Å²) in [6.45, 7) is 4.11. The molecule has 3 aliphatic rings. The minimum absolute atomic E-state index is 0.0434. The molecule has 1 fully saturated rings. The molecule has 6 heteroatoms. The van der Waals surface area contributed by atoms with Crippen LogP contribution in [0.5, 0.6) is 0 Å². The van der Waals surface area contributed by atoms with Gasteiger partial charge in [-0.05, 0) is 31.4 Å². The summed E-state index contributed by atoms with van der Waals surface area (Å²) in [6, 6.07) is 7.51. The third-order valence-corrected chi connectivity index (χ3v) is 5.87. The Balaban J connectivity index is 1.84. The summed E-state index contributed by atoms with van der Waals surface area (Å²) in [5, 5.41) is 3.93. The monoisotopic (exact) mass is 386 g/mol. The molecule has 0 aromatic heterocycles. The highest BCUT2D eigenvalue weighted by atomic mass is 35.5. The number of halogens is 1. The van der Waals surface area contributed by atoms with E-state index in [4.69, 9.17) is 16.3 Å². The Kier molecular flexibility index (Phi) is 5.06. The number of allylic oxidation sites excluding steroid dienone is 3. The third kappa shape index (κ3) is 3.30. The molecule has 1 saturated heterocycles. The zero-order valence-corrected chi connectivity index (χ0v) is 16.1. The molecule has 5 nitrogen and oxygen atoms in total. The molecule has 1 amide bonds. The average Bonchev–Trinajstić information content (AvgIpc) is 2.68. The number of nitrogens with one attached hydrogen (secondary N) is 1. The number of hydrogen-bond acceptors (Lipinski definition) is 4. The second-order valence-electron chi connectivity index (χ2n) is 7.19. The van der Waals surface area contributed by atoms with Crippen LogP contribution in [0.2, 0.25) is 5.02 Å². The fourth-order valence-corrected chi connectivity index (χ4v) is 4.47. The van der Waals surface area contributed by atoms with Crippen LogP contribution in [-0.2, 0) is 14.3 Å². The van der Waals surface area contributed by atoms with Gasteiger partial charge in [0.05, 0.1) is 13.2 Å². The summed E-state index contributed by atoms with van der Waals surface area (Å²) in [5.74, 6) is -0.357. The molecule has 4 rings (SSSR count). The molecule has 1 N–H and O–H groups in total. The van der Waals surface area contributed by atoms with Crippen LogP contribution in [0.25, 0.3) is 0 Å². The number of Topliss-reactive ketones (excluding diaryl/α,β-unsaturated/α-hetero) is 1. The fraction of sp³-hybridized carbons (Fsp3) is 0.429. The number of morpholine rings is 1. The van der Waals surface area contributed by atoms with Crippen LogP contribution in [0, 0.1) is 0 Å². The lowest BCUT2D eigenvalue weighted by Crippen LogP contribution is -2.44. The lowest BCUT2D eigenvalue weighted by Gasteiger charge is -2.37. The Bertz CT molecular complexity index is 853. The second-order valence-corrected chi connectivity index (χ2v) is 7.60. The molecule has 1 unspecified atom stereocenters.